The largest absolute Gasteiger partial charge is 0.361 e. The van der Waals surface area contributed by atoms with Gasteiger partial charge in [-0.3, -0.25) is 0 Å². The van der Waals surface area contributed by atoms with Crippen LogP contribution in [0.15, 0.2) is 30.5 Å². The Morgan fingerprint density at radius 2 is 2.00 bits per heavy atom. The highest BCUT2D eigenvalue weighted by Crippen LogP contribution is 2.28. The smallest absolute Gasteiger partial charge is 0.0456 e. The summed E-state index contributed by atoms with van der Waals surface area (Å²) in [5.74, 6) is 0.669. The number of fused-ring (bicyclic) bond motifs is 1. The minimum absolute atomic E-state index is 0.400. The molecule has 0 aliphatic heterocycles. The van der Waals surface area contributed by atoms with Crippen molar-refractivity contribution in [1.82, 2.24) is 4.98 Å². The van der Waals surface area contributed by atoms with Crippen LogP contribution in [0.25, 0.3) is 10.9 Å². The SMILES string of the molecule is NC1CCCCC1Cc1c[nH]c2ccccc12. The predicted molar refractivity (Wildman–Crippen MR) is 71.9 cm³/mol. The van der Waals surface area contributed by atoms with Crippen LogP contribution in [-0.4, -0.2) is 11.0 Å². The molecule has 0 bridgehead atoms. The number of aromatic nitrogens is 1. The van der Waals surface area contributed by atoms with E-state index in [0.29, 0.717) is 12.0 Å². The van der Waals surface area contributed by atoms with E-state index in [4.69, 9.17) is 5.73 Å². The monoisotopic (exact) mass is 228 g/mol. The molecule has 0 spiro atoms. The molecule has 1 aliphatic carbocycles. The van der Waals surface area contributed by atoms with Crippen molar-refractivity contribution < 1.29 is 0 Å². The fourth-order valence-corrected chi connectivity index (χ4v) is 3.07. The molecular weight excluding hydrogens is 208 g/mol. The summed E-state index contributed by atoms with van der Waals surface area (Å²) in [5, 5.41) is 1.37. The van der Waals surface area contributed by atoms with Crippen LogP contribution < -0.4 is 5.73 Å². The molecule has 2 nitrogen and oxygen atoms in total. The zero-order valence-corrected chi connectivity index (χ0v) is 10.2. The summed E-state index contributed by atoms with van der Waals surface area (Å²) in [6.45, 7) is 0. The molecule has 1 heterocycles. The van der Waals surface area contributed by atoms with Crippen LogP contribution in [0.4, 0.5) is 0 Å². The van der Waals surface area contributed by atoms with E-state index in [2.05, 4.69) is 35.4 Å². The standard InChI is InChI=1S/C15H20N2/c16-14-7-3-1-5-11(14)9-12-10-17-15-8-4-2-6-13(12)15/h2,4,6,8,10-11,14,17H,1,3,5,7,9,16H2. The van der Waals surface area contributed by atoms with Gasteiger partial charge in [-0.2, -0.15) is 0 Å². The Kier molecular flexibility index (Phi) is 2.89. The Morgan fingerprint density at radius 1 is 1.18 bits per heavy atom. The lowest BCUT2D eigenvalue weighted by atomic mass is 9.81. The van der Waals surface area contributed by atoms with Gasteiger partial charge >= 0.3 is 0 Å². The van der Waals surface area contributed by atoms with Crippen molar-refractivity contribution >= 4 is 10.9 Å². The predicted octanol–water partition coefficient (Wildman–Crippen LogP) is 3.23. The zero-order chi connectivity index (χ0) is 11.7. The van der Waals surface area contributed by atoms with Gasteiger partial charge in [-0.15, -0.1) is 0 Å². The van der Waals surface area contributed by atoms with Gasteiger partial charge in [0.25, 0.3) is 0 Å². The number of hydrogen-bond donors (Lipinski definition) is 2. The Labute approximate surface area is 102 Å². The van der Waals surface area contributed by atoms with E-state index in [1.807, 2.05) is 0 Å². The highest BCUT2D eigenvalue weighted by molar-refractivity contribution is 5.83. The van der Waals surface area contributed by atoms with E-state index in [1.165, 1.54) is 42.1 Å². The number of aromatic amines is 1. The maximum atomic E-state index is 6.23. The summed E-state index contributed by atoms with van der Waals surface area (Å²) in [6.07, 6.45) is 8.44. The number of nitrogens with one attached hydrogen (secondary N) is 1. The molecule has 2 heteroatoms. The van der Waals surface area contributed by atoms with Crippen LogP contribution >= 0.6 is 0 Å². The number of rotatable bonds is 2. The number of para-hydroxylation sites is 1. The van der Waals surface area contributed by atoms with Gasteiger partial charge in [-0.1, -0.05) is 31.0 Å². The third-order valence-electron chi connectivity index (χ3n) is 4.12. The van der Waals surface area contributed by atoms with E-state index in [-0.39, 0.29) is 0 Å². The molecule has 0 amide bonds. The molecule has 3 N–H and O–H groups in total. The summed E-state index contributed by atoms with van der Waals surface area (Å²) in [7, 11) is 0. The second-order valence-corrected chi connectivity index (χ2v) is 5.27. The number of hydrogen-bond acceptors (Lipinski definition) is 1. The summed E-state index contributed by atoms with van der Waals surface area (Å²) < 4.78 is 0. The topological polar surface area (TPSA) is 41.8 Å². The molecule has 1 saturated carbocycles. The van der Waals surface area contributed by atoms with Gasteiger partial charge in [0.1, 0.15) is 0 Å². The van der Waals surface area contributed by atoms with Crippen molar-refractivity contribution in [3.63, 3.8) is 0 Å². The van der Waals surface area contributed by atoms with Crippen LogP contribution in [0.2, 0.25) is 0 Å². The van der Waals surface area contributed by atoms with Crippen LogP contribution in [0.5, 0.6) is 0 Å². The van der Waals surface area contributed by atoms with E-state index in [1.54, 1.807) is 0 Å². The Bertz CT molecular complexity index is 500. The van der Waals surface area contributed by atoms with Crippen molar-refractivity contribution in [2.75, 3.05) is 0 Å². The van der Waals surface area contributed by atoms with Crippen molar-refractivity contribution in [1.29, 1.82) is 0 Å². The molecule has 1 fully saturated rings. The first kappa shape index (κ1) is 10.8. The van der Waals surface area contributed by atoms with Gasteiger partial charge < -0.3 is 10.7 Å². The molecule has 2 atom stereocenters. The van der Waals surface area contributed by atoms with Crippen molar-refractivity contribution in [2.24, 2.45) is 11.7 Å². The number of H-pyrrole nitrogens is 1. The maximum Gasteiger partial charge on any atom is 0.0456 e. The molecule has 90 valence electrons. The molecule has 3 rings (SSSR count). The molecule has 17 heavy (non-hydrogen) atoms. The minimum Gasteiger partial charge on any atom is -0.361 e. The average molecular weight is 228 g/mol. The summed E-state index contributed by atoms with van der Waals surface area (Å²) in [5.41, 5.74) is 8.91. The number of nitrogens with two attached hydrogens (primary N) is 1. The van der Waals surface area contributed by atoms with E-state index in [0.717, 1.165) is 6.42 Å². The molecule has 0 radical (unpaired) electrons. The molecule has 1 aromatic heterocycles. The molecule has 1 aliphatic rings. The van der Waals surface area contributed by atoms with Gasteiger partial charge in [-0.25, -0.2) is 0 Å². The third-order valence-corrected chi connectivity index (χ3v) is 4.12. The second-order valence-electron chi connectivity index (χ2n) is 5.27. The lowest BCUT2D eigenvalue weighted by Crippen LogP contribution is -2.34. The quantitative estimate of drug-likeness (QED) is 0.814. The van der Waals surface area contributed by atoms with E-state index in [9.17, 15) is 0 Å². The normalized spacial score (nSPS) is 25.2. The van der Waals surface area contributed by atoms with E-state index < -0.39 is 0 Å². The van der Waals surface area contributed by atoms with E-state index >= 15 is 0 Å². The van der Waals surface area contributed by atoms with Gasteiger partial charge in [0, 0.05) is 23.1 Å². The third kappa shape index (κ3) is 2.09. The van der Waals surface area contributed by atoms with Crippen LogP contribution in [0.3, 0.4) is 0 Å². The zero-order valence-electron chi connectivity index (χ0n) is 10.2. The van der Waals surface area contributed by atoms with Gasteiger partial charge in [0.15, 0.2) is 0 Å². The van der Waals surface area contributed by atoms with Crippen molar-refractivity contribution in [3.8, 4) is 0 Å². The van der Waals surface area contributed by atoms with Crippen molar-refractivity contribution in [3.05, 3.63) is 36.0 Å². The van der Waals surface area contributed by atoms with Crippen LogP contribution in [-0.2, 0) is 6.42 Å². The minimum atomic E-state index is 0.400. The Morgan fingerprint density at radius 3 is 2.88 bits per heavy atom. The Balaban J connectivity index is 1.84. The van der Waals surface area contributed by atoms with Gasteiger partial charge in [-0.05, 0) is 36.8 Å². The Hall–Kier alpha value is -1.28. The van der Waals surface area contributed by atoms with Crippen molar-refractivity contribution in [2.45, 2.75) is 38.1 Å². The van der Waals surface area contributed by atoms with Gasteiger partial charge in [0.05, 0.1) is 0 Å². The molecule has 2 aromatic rings. The molecular formula is C15H20N2. The summed E-state index contributed by atoms with van der Waals surface area (Å²) in [6, 6.07) is 8.93. The second kappa shape index (κ2) is 4.53. The first-order chi connectivity index (χ1) is 8.34. The molecule has 2 unspecified atom stereocenters. The first-order valence-corrected chi connectivity index (χ1v) is 6.65. The lowest BCUT2D eigenvalue weighted by molar-refractivity contribution is 0.307. The van der Waals surface area contributed by atoms with Gasteiger partial charge in [0.2, 0.25) is 0 Å². The van der Waals surface area contributed by atoms with Crippen LogP contribution in [0.1, 0.15) is 31.2 Å². The highest BCUT2D eigenvalue weighted by Gasteiger charge is 2.22. The fraction of sp³-hybridized carbons (Fsp3) is 0.467. The highest BCUT2D eigenvalue weighted by atomic mass is 14.7. The molecule has 0 saturated heterocycles. The average Bonchev–Trinajstić information content (AvgIpc) is 2.76. The van der Waals surface area contributed by atoms with Crippen LogP contribution in [0, 0.1) is 5.92 Å². The molecule has 1 aromatic carbocycles. The fourth-order valence-electron chi connectivity index (χ4n) is 3.07. The first-order valence-electron chi connectivity index (χ1n) is 6.65. The summed E-state index contributed by atoms with van der Waals surface area (Å²) >= 11 is 0. The summed E-state index contributed by atoms with van der Waals surface area (Å²) in [4.78, 5) is 3.35. The number of benzene rings is 1. The lowest BCUT2D eigenvalue weighted by Gasteiger charge is -2.28. The maximum absolute atomic E-state index is 6.23.